The third-order valence-corrected chi connectivity index (χ3v) is 9.53. The van der Waals surface area contributed by atoms with Crippen molar-refractivity contribution in [2.75, 3.05) is 33.7 Å². The summed E-state index contributed by atoms with van der Waals surface area (Å²) in [5.41, 5.74) is 3.30. The Kier molecular flexibility index (Phi) is 5.58. The number of nitrogens with zero attached hydrogens (tertiary/aromatic N) is 4. The predicted octanol–water partition coefficient (Wildman–Crippen LogP) is 3.08. The normalized spacial score (nSPS) is 21.2. The van der Waals surface area contributed by atoms with Gasteiger partial charge in [0.15, 0.2) is 0 Å². The van der Waals surface area contributed by atoms with Gasteiger partial charge in [0.25, 0.3) is 5.91 Å². The Labute approximate surface area is 191 Å². The molecule has 1 aromatic carbocycles. The molecule has 3 aliphatic rings. The van der Waals surface area contributed by atoms with Gasteiger partial charge < -0.3 is 4.90 Å². The fourth-order valence-electron chi connectivity index (χ4n) is 5.36. The van der Waals surface area contributed by atoms with Gasteiger partial charge in [0.2, 0.25) is 0 Å². The molecule has 8 heteroatoms. The zero-order valence-corrected chi connectivity index (χ0v) is 20.2. The Morgan fingerprint density at radius 1 is 1.06 bits per heavy atom. The van der Waals surface area contributed by atoms with Crippen molar-refractivity contribution in [3.8, 4) is 0 Å². The van der Waals surface area contributed by atoms with Crippen molar-refractivity contribution < 1.29 is 13.2 Å². The van der Waals surface area contributed by atoms with Gasteiger partial charge in [-0.15, -0.1) is 0 Å². The Morgan fingerprint density at radius 3 is 2.41 bits per heavy atom. The molecule has 0 spiro atoms. The lowest BCUT2D eigenvalue weighted by atomic mass is 9.89. The number of hydrogen-bond acceptors (Lipinski definition) is 4. The van der Waals surface area contributed by atoms with Crippen LogP contribution in [0.2, 0.25) is 0 Å². The Bertz CT molecular complexity index is 1140. The molecular weight excluding hydrogens is 424 g/mol. The van der Waals surface area contributed by atoms with Crippen LogP contribution >= 0.6 is 0 Å². The topological polar surface area (TPSA) is 65.9 Å². The summed E-state index contributed by atoms with van der Waals surface area (Å²) < 4.78 is 29.3. The van der Waals surface area contributed by atoms with Crippen LogP contribution in [0.15, 0.2) is 18.2 Å². The molecule has 0 radical (unpaired) electrons. The van der Waals surface area contributed by atoms with Crippen LogP contribution < -0.4 is 0 Å². The molecule has 3 heterocycles. The van der Waals surface area contributed by atoms with Gasteiger partial charge in [-0.05, 0) is 55.4 Å². The van der Waals surface area contributed by atoms with Gasteiger partial charge in [-0.2, -0.15) is 12.7 Å². The van der Waals surface area contributed by atoms with E-state index in [0.29, 0.717) is 29.5 Å². The summed E-state index contributed by atoms with van der Waals surface area (Å²) in [6.07, 6.45) is 6.51. The van der Waals surface area contributed by atoms with E-state index in [-0.39, 0.29) is 5.91 Å². The molecule has 0 unspecified atom stereocenters. The van der Waals surface area contributed by atoms with E-state index in [2.05, 4.69) is 11.8 Å². The SMILES string of the molecule is CC1CCN(C(=O)c2ccc3c(c2)c2c(n3S(=O)(=O)N(C)C)CCN(C3CCC3)C2)CC1. The van der Waals surface area contributed by atoms with Gasteiger partial charge in [0, 0.05) is 69.4 Å². The second kappa shape index (κ2) is 8.15. The highest BCUT2D eigenvalue weighted by atomic mass is 32.2. The van der Waals surface area contributed by atoms with Crippen LogP contribution in [0.1, 0.15) is 60.6 Å². The molecule has 0 N–H and O–H groups in total. The number of hydrogen-bond donors (Lipinski definition) is 0. The largest absolute Gasteiger partial charge is 0.339 e. The standard InChI is InChI=1S/C24H34N4O3S/c1-17-9-12-26(13-10-17)24(29)18-7-8-22-20(15-18)21-16-27(19-5-4-6-19)14-11-23(21)28(22)32(30,31)25(2)3/h7-8,15,17,19H,4-6,9-14,16H2,1-3H3. The van der Waals surface area contributed by atoms with E-state index in [9.17, 15) is 13.2 Å². The van der Waals surface area contributed by atoms with Gasteiger partial charge in [-0.25, -0.2) is 3.97 Å². The minimum absolute atomic E-state index is 0.0578. The average molecular weight is 459 g/mol. The zero-order chi connectivity index (χ0) is 22.6. The number of amides is 1. The number of benzene rings is 1. The molecule has 1 saturated heterocycles. The molecular formula is C24H34N4O3S. The molecule has 1 saturated carbocycles. The summed E-state index contributed by atoms with van der Waals surface area (Å²) in [4.78, 5) is 17.7. The van der Waals surface area contributed by atoms with Crippen LogP contribution in [0.4, 0.5) is 0 Å². The number of likely N-dealkylation sites (tertiary alicyclic amines) is 1. The molecule has 0 bridgehead atoms. The maximum Gasteiger partial charge on any atom is 0.307 e. The second-order valence-electron chi connectivity index (χ2n) is 9.99. The lowest BCUT2D eigenvalue weighted by Crippen LogP contribution is -2.43. The number of aromatic nitrogens is 1. The van der Waals surface area contributed by atoms with E-state index in [1.165, 1.54) is 27.5 Å². The van der Waals surface area contributed by atoms with Crippen molar-refractivity contribution in [1.82, 2.24) is 18.1 Å². The third-order valence-electron chi connectivity index (χ3n) is 7.73. The molecule has 2 fully saturated rings. The molecule has 174 valence electrons. The van der Waals surface area contributed by atoms with Crippen LogP contribution in [0.3, 0.4) is 0 Å². The number of rotatable bonds is 4. The first kappa shape index (κ1) is 21.9. The molecule has 0 atom stereocenters. The quantitative estimate of drug-likeness (QED) is 0.706. The maximum absolute atomic E-state index is 13.3. The van der Waals surface area contributed by atoms with Crippen molar-refractivity contribution in [2.24, 2.45) is 5.92 Å². The van der Waals surface area contributed by atoms with Gasteiger partial charge >= 0.3 is 10.2 Å². The van der Waals surface area contributed by atoms with Crippen LogP contribution in [0.25, 0.3) is 10.9 Å². The zero-order valence-electron chi connectivity index (χ0n) is 19.4. The Morgan fingerprint density at radius 2 is 1.78 bits per heavy atom. The predicted molar refractivity (Wildman–Crippen MR) is 126 cm³/mol. The molecule has 5 rings (SSSR count). The highest BCUT2D eigenvalue weighted by molar-refractivity contribution is 7.87. The Hall–Kier alpha value is -1.90. The number of carbonyl (C=O) groups is 1. The summed E-state index contributed by atoms with van der Waals surface area (Å²) in [6, 6.07) is 6.19. The lowest BCUT2D eigenvalue weighted by Gasteiger charge is -2.40. The van der Waals surface area contributed by atoms with E-state index in [4.69, 9.17) is 0 Å². The molecule has 32 heavy (non-hydrogen) atoms. The summed E-state index contributed by atoms with van der Waals surface area (Å²) in [5, 5.41) is 0.908. The highest BCUT2D eigenvalue weighted by Crippen LogP contribution is 2.37. The van der Waals surface area contributed by atoms with Gasteiger partial charge in [0.1, 0.15) is 0 Å². The second-order valence-corrected chi connectivity index (χ2v) is 12.0. The minimum atomic E-state index is -3.65. The molecule has 1 aliphatic carbocycles. The minimum Gasteiger partial charge on any atom is -0.339 e. The van der Waals surface area contributed by atoms with Crippen molar-refractivity contribution in [2.45, 2.75) is 58.0 Å². The monoisotopic (exact) mass is 458 g/mol. The van der Waals surface area contributed by atoms with Crippen LogP contribution in [-0.4, -0.2) is 72.2 Å². The van der Waals surface area contributed by atoms with E-state index < -0.39 is 10.2 Å². The summed E-state index contributed by atoms with van der Waals surface area (Å²) in [7, 11) is -0.503. The Balaban J connectivity index is 1.59. The molecule has 7 nitrogen and oxygen atoms in total. The summed E-state index contributed by atoms with van der Waals surface area (Å²) in [5.74, 6) is 0.721. The van der Waals surface area contributed by atoms with E-state index in [1.54, 1.807) is 20.2 Å². The maximum atomic E-state index is 13.3. The summed E-state index contributed by atoms with van der Waals surface area (Å²) >= 11 is 0. The number of fused-ring (bicyclic) bond motifs is 3. The third kappa shape index (κ3) is 3.56. The molecule has 1 aromatic heterocycles. The first-order chi connectivity index (χ1) is 15.3. The van der Waals surface area contributed by atoms with Crippen molar-refractivity contribution in [1.29, 1.82) is 0 Å². The molecule has 2 aliphatic heterocycles. The van der Waals surface area contributed by atoms with Gasteiger partial charge in [-0.1, -0.05) is 13.3 Å². The van der Waals surface area contributed by atoms with Crippen LogP contribution in [0, 0.1) is 5.92 Å². The van der Waals surface area contributed by atoms with Crippen molar-refractivity contribution in [3.05, 3.63) is 35.0 Å². The first-order valence-electron chi connectivity index (χ1n) is 11.9. The van der Waals surface area contributed by atoms with Gasteiger partial charge in [-0.3, -0.25) is 9.69 Å². The number of carbonyl (C=O) groups excluding carboxylic acids is 1. The summed E-state index contributed by atoms with van der Waals surface area (Å²) in [6.45, 7) is 5.46. The van der Waals surface area contributed by atoms with E-state index in [0.717, 1.165) is 55.7 Å². The van der Waals surface area contributed by atoms with E-state index in [1.807, 2.05) is 17.0 Å². The van der Waals surface area contributed by atoms with Crippen molar-refractivity contribution in [3.63, 3.8) is 0 Å². The lowest BCUT2D eigenvalue weighted by molar-refractivity contribution is 0.0697. The fourth-order valence-corrected chi connectivity index (χ4v) is 6.57. The van der Waals surface area contributed by atoms with Crippen LogP contribution in [-0.2, 0) is 23.2 Å². The molecule has 2 aromatic rings. The average Bonchev–Trinajstić information content (AvgIpc) is 3.06. The number of piperidine rings is 1. The van der Waals surface area contributed by atoms with Crippen molar-refractivity contribution >= 4 is 27.0 Å². The van der Waals surface area contributed by atoms with E-state index >= 15 is 0 Å². The fraction of sp³-hybridized carbons (Fsp3) is 0.625. The molecule has 1 amide bonds. The smallest absolute Gasteiger partial charge is 0.307 e. The highest BCUT2D eigenvalue weighted by Gasteiger charge is 2.34. The van der Waals surface area contributed by atoms with Gasteiger partial charge in [0.05, 0.1) is 5.52 Å². The van der Waals surface area contributed by atoms with Crippen LogP contribution in [0.5, 0.6) is 0 Å². The first-order valence-corrected chi connectivity index (χ1v) is 13.3.